The molecule has 0 saturated carbocycles. The highest BCUT2D eigenvalue weighted by molar-refractivity contribution is 6.03. The molecule has 0 aromatic heterocycles. The fraction of sp³-hybridized carbons (Fsp3) is 0.150. The molecule has 0 atom stereocenters. The van der Waals surface area contributed by atoms with Crippen molar-refractivity contribution in [3.05, 3.63) is 72.3 Å². The number of carbonyl (C=O) groups is 1. The monoisotopic (exact) mass is 290 g/mol. The third kappa shape index (κ3) is 2.60. The van der Waals surface area contributed by atoms with Crippen LogP contribution in [0.15, 0.2) is 66.7 Å². The molecular formula is C20H18O2. The third-order valence-corrected chi connectivity index (χ3v) is 3.84. The number of benzene rings is 3. The summed E-state index contributed by atoms with van der Waals surface area (Å²) in [5, 5.41) is 4.67. The van der Waals surface area contributed by atoms with Crippen LogP contribution in [0.1, 0.15) is 12.5 Å². The molecule has 0 bridgehead atoms. The van der Waals surface area contributed by atoms with Crippen molar-refractivity contribution in [3.63, 3.8) is 0 Å². The predicted octanol–water partition coefficient (Wildman–Crippen LogP) is 4.65. The number of carbonyl (C=O) groups excluding carboxylic acids is 1. The maximum Gasteiger partial charge on any atom is 0.333 e. The van der Waals surface area contributed by atoms with Crippen LogP contribution in [-0.4, -0.2) is 12.6 Å². The van der Waals surface area contributed by atoms with Crippen molar-refractivity contribution in [2.24, 2.45) is 0 Å². The zero-order valence-corrected chi connectivity index (χ0v) is 12.6. The van der Waals surface area contributed by atoms with E-state index in [2.05, 4.69) is 36.9 Å². The summed E-state index contributed by atoms with van der Waals surface area (Å²) in [6, 6.07) is 18.7. The molecule has 0 amide bonds. The van der Waals surface area contributed by atoms with Crippen LogP contribution >= 0.6 is 0 Å². The number of hydrogen-bond donors (Lipinski definition) is 0. The highest BCUT2D eigenvalue weighted by atomic mass is 16.5. The van der Waals surface area contributed by atoms with Crippen LogP contribution in [0.25, 0.3) is 21.5 Å². The molecule has 3 aromatic carbocycles. The molecule has 0 radical (unpaired) electrons. The van der Waals surface area contributed by atoms with Gasteiger partial charge in [0.25, 0.3) is 0 Å². The molecule has 22 heavy (non-hydrogen) atoms. The first kappa shape index (κ1) is 14.3. The Morgan fingerprint density at radius 1 is 1.00 bits per heavy atom. The van der Waals surface area contributed by atoms with Crippen LogP contribution in [0, 0.1) is 0 Å². The Balaban J connectivity index is 2.16. The van der Waals surface area contributed by atoms with Crippen LogP contribution < -0.4 is 0 Å². The first-order valence-electron chi connectivity index (χ1n) is 7.45. The molecule has 0 aliphatic carbocycles. The molecule has 3 aromatic rings. The van der Waals surface area contributed by atoms with Crippen LogP contribution in [0.4, 0.5) is 0 Å². The van der Waals surface area contributed by atoms with Gasteiger partial charge in [-0.25, -0.2) is 4.79 Å². The van der Waals surface area contributed by atoms with Gasteiger partial charge in [-0.1, -0.05) is 55.1 Å². The lowest BCUT2D eigenvalue weighted by Crippen LogP contribution is -2.09. The van der Waals surface area contributed by atoms with Crippen molar-refractivity contribution in [1.82, 2.24) is 0 Å². The van der Waals surface area contributed by atoms with E-state index >= 15 is 0 Å². The van der Waals surface area contributed by atoms with Crippen molar-refractivity contribution < 1.29 is 9.53 Å². The predicted molar refractivity (Wildman–Crippen MR) is 90.9 cm³/mol. The van der Waals surface area contributed by atoms with Crippen molar-refractivity contribution >= 4 is 27.5 Å². The molecule has 0 N–H and O–H groups in total. The fourth-order valence-corrected chi connectivity index (χ4v) is 2.82. The lowest BCUT2D eigenvalue weighted by Gasteiger charge is -2.12. The van der Waals surface area contributed by atoms with E-state index in [0.29, 0.717) is 18.6 Å². The van der Waals surface area contributed by atoms with E-state index in [9.17, 15) is 4.79 Å². The number of hydrogen-bond acceptors (Lipinski definition) is 2. The Morgan fingerprint density at radius 3 is 2.09 bits per heavy atom. The second-order valence-corrected chi connectivity index (χ2v) is 5.30. The molecule has 0 fully saturated rings. The van der Waals surface area contributed by atoms with Gasteiger partial charge in [-0.05, 0) is 40.1 Å². The first-order chi connectivity index (χ1) is 10.7. The van der Waals surface area contributed by atoms with Crippen LogP contribution in [0.3, 0.4) is 0 Å². The minimum atomic E-state index is -0.320. The largest absolute Gasteiger partial charge is 0.463 e. The van der Waals surface area contributed by atoms with E-state index in [-0.39, 0.29) is 5.97 Å². The second kappa shape index (κ2) is 6.02. The van der Waals surface area contributed by atoms with E-state index in [4.69, 9.17) is 4.74 Å². The molecule has 2 nitrogen and oxygen atoms in total. The summed E-state index contributed by atoms with van der Waals surface area (Å²) >= 11 is 0. The van der Waals surface area contributed by atoms with Crippen molar-refractivity contribution in [2.75, 3.05) is 6.61 Å². The Morgan fingerprint density at radius 2 is 1.55 bits per heavy atom. The smallest absolute Gasteiger partial charge is 0.333 e. The van der Waals surface area contributed by atoms with Gasteiger partial charge in [-0.15, -0.1) is 0 Å². The number of fused-ring (bicyclic) bond motifs is 2. The normalized spacial score (nSPS) is 10.8. The number of ether oxygens (including phenoxy) is 1. The summed E-state index contributed by atoms with van der Waals surface area (Å²) in [5.41, 5.74) is 1.62. The Kier molecular flexibility index (Phi) is 3.92. The lowest BCUT2D eigenvalue weighted by atomic mass is 9.93. The Hall–Kier alpha value is -2.61. The van der Waals surface area contributed by atoms with Crippen molar-refractivity contribution in [3.8, 4) is 0 Å². The topological polar surface area (TPSA) is 26.3 Å². The maximum atomic E-state index is 11.9. The van der Waals surface area contributed by atoms with Gasteiger partial charge in [0.2, 0.25) is 0 Å². The summed E-state index contributed by atoms with van der Waals surface area (Å²) in [7, 11) is 0. The molecule has 2 heteroatoms. The summed E-state index contributed by atoms with van der Waals surface area (Å²) in [6.45, 7) is 6.08. The highest BCUT2D eigenvalue weighted by Gasteiger charge is 2.13. The standard InChI is InChI=1S/C20H18O2/c1-3-22-20(21)14(2)12-19-17-10-6-4-8-15(17)13-16-9-5-7-11-18(16)19/h4-11,13H,2-3,12H2,1H3. The summed E-state index contributed by atoms with van der Waals surface area (Å²) in [6.07, 6.45) is 0.501. The number of rotatable bonds is 4. The summed E-state index contributed by atoms with van der Waals surface area (Å²) < 4.78 is 5.06. The molecule has 0 saturated heterocycles. The molecule has 0 heterocycles. The third-order valence-electron chi connectivity index (χ3n) is 3.84. The number of esters is 1. The van der Waals surface area contributed by atoms with E-state index in [1.807, 2.05) is 24.3 Å². The lowest BCUT2D eigenvalue weighted by molar-refractivity contribution is -0.138. The van der Waals surface area contributed by atoms with Gasteiger partial charge >= 0.3 is 5.97 Å². The summed E-state index contributed by atoms with van der Waals surface area (Å²) in [5.74, 6) is -0.320. The van der Waals surface area contributed by atoms with Gasteiger partial charge in [-0.3, -0.25) is 0 Å². The van der Waals surface area contributed by atoms with Crippen LogP contribution in [0.2, 0.25) is 0 Å². The van der Waals surface area contributed by atoms with Crippen molar-refractivity contribution in [2.45, 2.75) is 13.3 Å². The van der Waals surface area contributed by atoms with Gasteiger partial charge in [-0.2, -0.15) is 0 Å². The van der Waals surface area contributed by atoms with Gasteiger partial charge in [0, 0.05) is 12.0 Å². The van der Waals surface area contributed by atoms with E-state index in [0.717, 1.165) is 16.3 Å². The van der Waals surface area contributed by atoms with Crippen LogP contribution in [-0.2, 0) is 16.0 Å². The van der Waals surface area contributed by atoms with Crippen LogP contribution in [0.5, 0.6) is 0 Å². The fourth-order valence-electron chi connectivity index (χ4n) is 2.82. The van der Waals surface area contributed by atoms with Gasteiger partial charge in [0.15, 0.2) is 0 Å². The Labute approximate surface area is 130 Å². The average molecular weight is 290 g/mol. The average Bonchev–Trinajstić information content (AvgIpc) is 2.54. The molecule has 110 valence electrons. The van der Waals surface area contributed by atoms with Gasteiger partial charge in [0.1, 0.15) is 0 Å². The zero-order chi connectivity index (χ0) is 15.5. The quantitative estimate of drug-likeness (QED) is 0.397. The van der Waals surface area contributed by atoms with Gasteiger partial charge < -0.3 is 4.74 Å². The molecule has 0 aliphatic rings. The summed E-state index contributed by atoms with van der Waals surface area (Å²) in [4.78, 5) is 11.9. The molecule has 0 aliphatic heterocycles. The van der Waals surface area contributed by atoms with E-state index in [1.54, 1.807) is 6.92 Å². The first-order valence-corrected chi connectivity index (χ1v) is 7.45. The van der Waals surface area contributed by atoms with Gasteiger partial charge in [0.05, 0.1) is 6.61 Å². The molecule has 3 rings (SSSR count). The van der Waals surface area contributed by atoms with E-state index in [1.165, 1.54) is 10.8 Å². The molecule has 0 unspecified atom stereocenters. The van der Waals surface area contributed by atoms with E-state index < -0.39 is 0 Å². The minimum absolute atomic E-state index is 0.320. The highest BCUT2D eigenvalue weighted by Crippen LogP contribution is 2.30. The maximum absolute atomic E-state index is 11.9. The SMILES string of the molecule is C=C(Cc1c2ccccc2cc2ccccc12)C(=O)OCC. The second-order valence-electron chi connectivity index (χ2n) is 5.30. The van der Waals surface area contributed by atoms with Crippen molar-refractivity contribution in [1.29, 1.82) is 0 Å². The zero-order valence-electron chi connectivity index (χ0n) is 12.6. The molecule has 0 spiro atoms. The Bertz CT molecular complexity index is 808. The minimum Gasteiger partial charge on any atom is -0.463 e. The molecular weight excluding hydrogens is 272 g/mol.